The second kappa shape index (κ2) is 5.79. The fraction of sp³-hybridized carbons (Fsp3) is 0.0714. The molecule has 0 bridgehead atoms. The number of anilines is 1. The van der Waals surface area contributed by atoms with E-state index < -0.39 is 19.9 Å². The van der Waals surface area contributed by atoms with Crippen molar-refractivity contribution in [2.24, 2.45) is 0 Å². The van der Waals surface area contributed by atoms with E-state index in [9.17, 15) is 16.8 Å². The zero-order valence-electron chi connectivity index (χ0n) is 11.5. The molecule has 0 aliphatic carbocycles. The van der Waals surface area contributed by atoms with Gasteiger partial charge in [-0.05, 0) is 36.4 Å². The van der Waals surface area contributed by atoms with Crippen LogP contribution in [0.4, 0.5) is 5.69 Å². The summed E-state index contributed by atoms with van der Waals surface area (Å²) in [5.41, 5.74) is 0.239. The largest absolute Gasteiger partial charge is 0.280 e. The molecule has 2 aromatic rings. The molecule has 0 amide bonds. The average Bonchev–Trinajstić information content (AvgIpc) is 2.46. The van der Waals surface area contributed by atoms with Crippen molar-refractivity contribution in [3.05, 3.63) is 54.1 Å². The minimum Gasteiger partial charge on any atom is -0.280 e. The average molecular weight is 336 g/mol. The highest BCUT2D eigenvalue weighted by Crippen LogP contribution is 2.20. The number of nitriles is 1. The normalized spacial score (nSPS) is 11.6. The third kappa shape index (κ3) is 3.44. The minimum absolute atomic E-state index is 0.0303. The number of sulfone groups is 1. The molecule has 0 saturated carbocycles. The van der Waals surface area contributed by atoms with Crippen LogP contribution in [0.1, 0.15) is 5.56 Å². The third-order valence-electron chi connectivity index (χ3n) is 2.83. The maximum absolute atomic E-state index is 12.3. The summed E-state index contributed by atoms with van der Waals surface area (Å²) < 4.78 is 49.6. The molecule has 1 N–H and O–H groups in total. The van der Waals surface area contributed by atoms with Crippen molar-refractivity contribution < 1.29 is 16.8 Å². The van der Waals surface area contributed by atoms with Gasteiger partial charge in [0.2, 0.25) is 0 Å². The van der Waals surface area contributed by atoms with E-state index in [-0.39, 0.29) is 21.0 Å². The standard InChI is InChI=1S/C14H12N2O4S2/c1-21(17,18)13-8-6-12(7-9-13)16-22(19,20)14-5-3-2-4-11(14)10-15/h2-9,16H,1H3. The SMILES string of the molecule is CS(=O)(=O)c1ccc(NS(=O)(=O)c2ccccc2C#N)cc1. The molecule has 8 heteroatoms. The molecule has 0 fully saturated rings. The van der Waals surface area contributed by atoms with E-state index in [1.54, 1.807) is 6.07 Å². The zero-order valence-corrected chi connectivity index (χ0v) is 13.1. The van der Waals surface area contributed by atoms with E-state index in [1.165, 1.54) is 42.5 Å². The first-order valence-corrected chi connectivity index (χ1v) is 9.43. The van der Waals surface area contributed by atoms with Crippen molar-refractivity contribution >= 4 is 25.5 Å². The Labute approximate surface area is 129 Å². The lowest BCUT2D eigenvalue weighted by Gasteiger charge is -2.09. The lowest BCUT2D eigenvalue weighted by atomic mass is 10.2. The highest BCUT2D eigenvalue weighted by Gasteiger charge is 2.18. The molecule has 0 atom stereocenters. The summed E-state index contributed by atoms with van der Waals surface area (Å²) in [5, 5.41) is 8.96. The van der Waals surface area contributed by atoms with Crippen LogP contribution < -0.4 is 4.72 Å². The van der Waals surface area contributed by atoms with Gasteiger partial charge >= 0.3 is 0 Å². The van der Waals surface area contributed by atoms with Crippen molar-refractivity contribution in [2.75, 3.05) is 11.0 Å². The lowest BCUT2D eigenvalue weighted by Crippen LogP contribution is -2.14. The molecule has 0 unspecified atom stereocenters. The van der Waals surface area contributed by atoms with E-state index in [2.05, 4.69) is 4.72 Å². The molecule has 0 aliphatic heterocycles. The van der Waals surface area contributed by atoms with Crippen molar-refractivity contribution in [1.82, 2.24) is 0 Å². The number of hydrogen-bond donors (Lipinski definition) is 1. The number of sulfonamides is 1. The van der Waals surface area contributed by atoms with Crippen LogP contribution in [0.15, 0.2) is 58.3 Å². The first-order chi connectivity index (χ1) is 10.2. The summed E-state index contributed by atoms with van der Waals surface area (Å²) in [5.74, 6) is 0. The van der Waals surface area contributed by atoms with Gasteiger partial charge in [0.25, 0.3) is 10.0 Å². The quantitative estimate of drug-likeness (QED) is 0.916. The van der Waals surface area contributed by atoms with Crippen molar-refractivity contribution in [3.63, 3.8) is 0 Å². The second-order valence-corrected chi connectivity index (χ2v) is 8.18. The van der Waals surface area contributed by atoms with Gasteiger partial charge in [0.1, 0.15) is 11.0 Å². The molecule has 6 nitrogen and oxygen atoms in total. The van der Waals surface area contributed by atoms with E-state index in [0.717, 1.165) is 6.26 Å². The predicted molar refractivity (Wildman–Crippen MR) is 81.5 cm³/mol. The Balaban J connectivity index is 2.36. The molecule has 0 aliphatic rings. The molecular weight excluding hydrogens is 324 g/mol. The fourth-order valence-corrected chi connectivity index (χ4v) is 3.62. The van der Waals surface area contributed by atoms with E-state index >= 15 is 0 Å². The van der Waals surface area contributed by atoms with Crippen molar-refractivity contribution in [2.45, 2.75) is 9.79 Å². The minimum atomic E-state index is -3.93. The first kappa shape index (κ1) is 16.0. The first-order valence-electron chi connectivity index (χ1n) is 6.06. The van der Waals surface area contributed by atoms with E-state index in [4.69, 9.17) is 5.26 Å². The number of hydrogen-bond acceptors (Lipinski definition) is 5. The molecule has 2 aromatic carbocycles. The van der Waals surface area contributed by atoms with Crippen molar-refractivity contribution in [3.8, 4) is 6.07 Å². The van der Waals surface area contributed by atoms with Gasteiger partial charge in [0.15, 0.2) is 9.84 Å². The molecule has 114 valence electrons. The Morgan fingerprint density at radius 3 is 2.09 bits per heavy atom. The molecule has 0 spiro atoms. The molecule has 0 radical (unpaired) electrons. The molecule has 22 heavy (non-hydrogen) atoms. The number of rotatable bonds is 4. The van der Waals surface area contributed by atoms with Crippen LogP contribution >= 0.6 is 0 Å². The Hall–Kier alpha value is -2.37. The Morgan fingerprint density at radius 1 is 0.955 bits per heavy atom. The summed E-state index contributed by atoms with van der Waals surface area (Å²) in [6.45, 7) is 0. The summed E-state index contributed by atoms with van der Waals surface area (Å²) in [4.78, 5) is -0.0439. The number of nitrogens with one attached hydrogen (secondary N) is 1. The van der Waals surface area contributed by atoms with Crippen LogP contribution in [0, 0.1) is 11.3 Å². The van der Waals surface area contributed by atoms with Gasteiger partial charge in [-0.3, -0.25) is 4.72 Å². The Morgan fingerprint density at radius 2 is 1.55 bits per heavy atom. The topological polar surface area (TPSA) is 104 Å². The predicted octanol–water partition coefficient (Wildman–Crippen LogP) is 1.76. The maximum Gasteiger partial charge on any atom is 0.263 e. The fourth-order valence-electron chi connectivity index (χ4n) is 1.77. The van der Waals surface area contributed by atoms with Gasteiger partial charge in [-0.25, -0.2) is 16.8 Å². The third-order valence-corrected chi connectivity index (χ3v) is 5.40. The molecule has 0 heterocycles. The summed E-state index contributed by atoms with van der Waals surface area (Å²) in [6, 6.07) is 12.9. The summed E-state index contributed by atoms with van der Waals surface area (Å²) in [7, 11) is -7.27. The smallest absolute Gasteiger partial charge is 0.263 e. The second-order valence-electron chi connectivity index (χ2n) is 4.51. The number of benzene rings is 2. The molecule has 0 aromatic heterocycles. The van der Waals surface area contributed by atoms with Gasteiger partial charge in [-0.2, -0.15) is 5.26 Å². The maximum atomic E-state index is 12.3. The van der Waals surface area contributed by atoms with E-state index in [1.807, 2.05) is 6.07 Å². The van der Waals surface area contributed by atoms with Gasteiger partial charge in [-0.15, -0.1) is 0 Å². The van der Waals surface area contributed by atoms with Crippen LogP contribution in [-0.2, 0) is 19.9 Å². The van der Waals surface area contributed by atoms with Crippen LogP contribution in [0.2, 0.25) is 0 Å². The molecule has 0 saturated heterocycles. The summed E-state index contributed by atoms with van der Waals surface area (Å²) >= 11 is 0. The molecule has 2 rings (SSSR count). The van der Waals surface area contributed by atoms with Gasteiger partial charge in [-0.1, -0.05) is 12.1 Å². The highest BCUT2D eigenvalue weighted by atomic mass is 32.2. The van der Waals surface area contributed by atoms with Crippen LogP contribution in [-0.4, -0.2) is 23.1 Å². The van der Waals surface area contributed by atoms with Crippen LogP contribution in [0.5, 0.6) is 0 Å². The van der Waals surface area contributed by atoms with E-state index in [0.29, 0.717) is 0 Å². The Bertz CT molecular complexity index is 941. The van der Waals surface area contributed by atoms with Gasteiger partial charge < -0.3 is 0 Å². The molecular formula is C14H12N2O4S2. The lowest BCUT2D eigenvalue weighted by molar-refractivity contribution is 0.600. The van der Waals surface area contributed by atoms with Crippen molar-refractivity contribution in [1.29, 1.82) is 5.26 Å². The Kier molecular flexibility index (Phi) is 4.21. The number of nitrogens with zero attached hydrogens (tertiary/aromatic N) is 1. The zero-order chi connectivity index (χ0) is 16.4. The van der Waals surface area contributed by atoms with Gasteiger partial charge in [0, 0.05) is 11.9 Å². The monoisotopic (exact) mass is 336 g/mol. The highest BCUT2D eigenvalue weighted by molar-refractivity contribution is 7.92. The summed E-state index contributed by atoms with van der Waals surface area (Å²) in [6.07, 6.45) is 1.06. The van der Waals surface area contributed by atoms with Crippen LogP contribution in [0.25, 0.3) is 0 Å². The van der Waals surface area contributed by atoms with Gasteiger partial charge in [0.05, 0.1) is 10.5 Å². The van der Waals surface area contributed by atoms with Crippen LogP contribution in [0.3, 0.4) is 0 Å².